The Morgan fingerprint density at radius 1 is 1.22 bits per heavy atom. The Balaban J connectivity index is 1.52. The Bertz CT molecular complexity index is 943. The van der Waals surface area contributed by atoms with Gasteiger partial charge in [0.1, 0.15) is 0 Å². The van der Waals surface area contributed by atoms with Gasteiger partial charge in [-0.05, 0) is 29.8 Å². The van der Waals surface area contributed by atoms with Gasteiger partial charge in [0.05, 0.1) is 18.3 Å². The molecule has 0 atom stereocenters. The van der Waals surface area contributed by atoms with E-state index in [1.165, 1.54) is 0 Å². The molecule has 0 radical (unpaired) electrons. The van der Waals surface area contributed by atoms with Crippen molar-refractivity contribution in [3.05, 3.63) is 64.2 Å². The number of benzene rings is 1. The molecule has 27 heavy (non-hydrogen) atoms. The Labute approximate surface area is 166 Å². The number of pyridine rings is 1. The molecule has 3 rings (SSSR count). The summed E-state index contributed by atoms with van der Waals surface area (Å²) in [4.78, 5) is 20.3. The molecule has 1 aromatic carbocycles. The van der Waals surface area contributed by atoms with Gasteiger partial charge < -0.3 is 14.5 Å². The van der Waals surface area contributed by atoms with Gasteiger partial charge >= 0.3 is 0 Å². The van der Waals surface area contributed by atoms with Crippen molar-refractivity contribution in [2.45, 2.75) is 19.4 Å². The topological polar surface area (TPSA) is 77.2 Å². The summed E-state index contributed by atoms with van der Waals surface area (Å²) in [7, 11) is 1.55. The highest BCUT2D eigenvalue weighted by Crippen LogP contribution is 2.30. The number of carbonyl (C=O) groups is 1. The number of nitrogens with zero attached hydrogens (tertiary/aromatic N) is 2. The smallest absolute Gasteiger partial charge is 0.220 e. The molecular formula is C19H17Cl2N3O3. The molecule has 2 heterocycles. The standard InChI is InChI=1S/C19H17Cl2N3O3/c1-26-19-8-12(6-7-22-19)10-23-17(25)4-5-18-24-11-16(27-18)14-3-2-13(20)9-15(14)21/h2-3,6-9,11H,4-5,10H2,1H3,(H,23,25). The van der Waals surface area contributed by atoms with E-state index in [1.807, 2.05) is 6.07 Å². The van der Waals surface area contributed by atoms with E-state index >= 15 is 0 Å². The Morgan fingerprint density at radius 2 is 2.07 bits per heavy atom. The number of ether oxygens (including phenoxy) is 1. The van der Waals surface area contributed by atoms with Crippen LogP contribution in [0, 0.1) is 0 Å². The predicted molar refractivity (Wildman–Crippen MR) is 103 cm³/mol. The molecular weight excluding hydrogens is 389 g/mol. The fourth-order valence-corrected chi connectivity index (χ4v) is 2.92. The lowest BCUT2D eigenvalue weighted by Crippen LogP contribution is -2.23. The average Bonchev–Trinajstić information content (AvgIpc) is 3.13. The van der Waals surface area contributed by atoms with E-state index in [-0.39, 0.29) is 12.3 Å². The Kier molecular flexibility index (Phi) is 6.32. The average molecular weight is 406 g/mol. The van der Waals surface area contributed by atoms with E-state index in [9.17, 15) is 4.79 Å². The van der Waals surface area contributed by atoms with Crippen molar-refractivity contribution in [2.24, 2.45) is 0 Å². The molecule has 140 valence electrons. The number of aryl methyl sites for hydroxylation is 1. The second-order valence-electron chi connectivity index (χ2n) is 5.73. The van der Waals surface area contributed by atoms with Crippen LogP contribution in [-0.4, -0.2) is 23.0 Å². The largest absolute Gasteiger partial charge is 0.481 e. The molecule has 0 bridgehead atoms. The van der Waals surface area contributed by atoms with E-state index in [0.717, 1.165) is 5.56 Å². The first kappa shape index (κ1) is 19.2. The van der Waals surface area contributed by atoms with Crippen molar-refractivity contribution in [2.75, 3.05) is 7.11 Å². The number of halogens is 2. The second kappa shape index (κ2) is 8.88. The molecule has 2 aromatic heterocycles. The first-order valence-electron chi connectivity index (χ1n) is 8.21. The highest BCUT2D eigenvalue weighted by molar-refractivity contribution is 6.36. The molecule has 0 unspecified atom stereocenters. The third-order valence-corrected chi connectivity index (χ3v) is 4.36. The third-order valence-electron chi connectivity index (χ3n) is 3.81. The maximum atomic E-state index is 12.0. The van der Waals surface area contributed by atoms with Crippen LogP contribution in [0.25, 0.3) is 11.3 Å². The van der Waals surface area contributed by atoms with Crippen LogP contribution in [-0.2, 0) is 17.8 Å². The molecule has 6 nitrogen and oxygen atoms in total. The van der Waals surface area contributed by atoms with Crippen molar-refractivity contribution < 1.29 is 13.9 Å². The number of methoxy groups -OCH3 is 1. The van der Waals surface area contributed by atoms with E-state index in [1.54, 1.807) is 43.8 Å². The molecule has 0 aliphatic rings. The molecule has 0 fully saturated rings. The van der Waals surface area contributed by atoms with Crippen molar-refractivity contribution in [1.29, 1.82) is 0 Å². The van der Waals surface area contributed by atoms with Crippen molar-refractivity contribution in [1.82, 2.24) is 15.3 Å². The van der Waals surface area contributed by atoms with Crippen LogP contribution in [0.15, 0.2) is 47.1 Å². The van der Waals surface area contributed by atoms with Crippen molar-refractivity contribution in [3.8, 4) is 17.2 Å². The summed E-state index contributed by atoms with van der Waals surface area (Å²) in [6, 6.07) is 8.73. The summed E-state index contributed by atoms with van der Waals surface area (Å²) in [6.45, 7) is 0.398. The number of oxazole rings is 1. The minimum absolute atomic E-state index is 0.102. The Hall–Kier alpha value is -2.57. The van der Waals surface area contributed by atoms with E-state index in [4.69, 9.17) is 32.4 Å². The summed E-state index contributed by atoms with van der Waals surface area (Å²) in [5.41, 5.74) is 1.61. The summed E-state index contributed by atoms with van der Waals surface area (Å²) < 4.78 is 10.7. The normalized spacial score (nSPS) is 10.6. The van der Waals surface area contributed by atoms with Crippen molar-refractivity contribution in [3.63, 3.8) is 0 Å². The van der Waals surface area contributed by atoms with Crippen LogP contribution in [0.5, 0.6) is 5.88 Å². The van der Waals surface area contributed by atoms with Crippen LogP contribution >= 0.6 is 23.2 Å². The van der Waals surface area contributed by atoms with E-state index in [0.29, 0.717) is 46.1 Å². The lowest BCUT2D eigenvalue weighted by Gasteiger charge is -2.06. The third kappa shape index (κ3) is 5.21. The highest BCUT2D eigenvalue weighted by Gasteiger charge is 2.12. The van der Waals surface area contributed by atoms with Gasteiger partial charge in [-0.2, -0.15) is 0 Å². The van der Waals surface area contributed by atoms with Gasteiger partial charge in [-0.3, -0.25) is 4.79 Å². The van der Waals surface area contributed by atoms with Crippen LogP contribution in [0.1, 0.15) is 17.9 Å². The highest BCUT2D eigenvalue weighted by atomic mass is 35.5. The lowest BCUT2D eigenvalue weighted by molar-refractivity contribution is -0.121. The number of carbonyl (C=O) groups excluding carboxylic acids is 1. The number of aromatic nitrogens is 2. The summed E-state index contributed by atoms with van der Waals surface area (Å²) >= 11 is 12.1. The van der Waals surface area contributed by atoms with Gasteiger partial charge in [0.25, 0.3) is 0 Å². The van der Waals surface area contributed by atoms with E-state index < -0.39 is 0 Å². The van der Waals surface area contributed by atoms with Gasteiger partial charge in [-0.25, -0.2) is 9.97 Å². The number of rotatable bonds is 7. The zero-order valence-corrected chi connectivity index (χ0v) is 16.0. The number of nitrogens with one attached hydrogen (secondary N) is 1. The molecule has 8 heteroatoms. The molecule has 0 aliphatic heterocycles. The van der Waals surface area contributed by atoms with Gasteiger partial charge in [0.2, 0.25) is 11.8 Å². The Morgan fingerprint density at radius 3 is 2.85 bits per heavy atom. The molecule has 1 amide bonds. The maximum absolute atomic E-state index is 12.0. The predicted octanol–water partition coefficient (Wildman–Crippen LogP) is 4.30. The molecule has 1 N–H and O–H groups in total. The van der Waals surface area contributed by atoms with E-state index in [2.05, 4.69) is 15.3 Å². The lowest BCUT2D eigenvalue weighted by atomic mass is 10.2. The van der Waals surface area contributed by atoms with Crippen LogP contribution < -0.4 is 10.1 Å². The first-order valence-corrected chi connectivity index (χ1v) is 8.96. The minimum Gasteiger partial charge on any atom is -0.481 e. The minimum atomic E-state index is -0.102. The number of amides is 1. The summed E-state index contributed by atoms with van der Waals surface area (Å²) in [5, 5.41) is 3.88. The van der Waals surface area contributed by atoms with Crippen LogP contribution in [0.3, 0.4) is 0 Å². The first-order chi connectivity index (χ1) is 13.0. The quantitative estimate of drug-likeness (QED) is 0.633. The number of hydrogen-bond donors (Lipinski definition) is 1. The molecule has 0 saturated carbocycles. The second-order valence-corrected chi connectivity index (χ2v) is 6.57. The van der Waals surface area contributed by atoms with Gasteiger partial charge in [0, 0.05) is 42.2 Å². The van der Waals surface area contributed by atoms with Crippen molar-refractivity contribution >= 4 is 29.1 Å². The monoisotopic (exact) mass is 405 g/mol. The van der Waals surface area contributed by atoms with Crippen LogP contribution in [0.4, 0.5) is 0 Å². The summed E-state index contributed by atoms with van der Waals surface area (Å²) in [6.07, 6.45) is 3.87. The molecule has 0 aliphatic carbocycles. The molecule has 0 spiro atoms. The fraction of sp³-hybridized carbons (Fsp3) is 0.211. The molecule has 0 saturated heterocycles. The zero-order valence-electron chi connectivity index (χ0n) is 14.5. The SMILES string of the molecule is COc1cc(CNC(=O)CCc2ncc(-c3ccc(Cl)cc3Cl)o2)ccn1. The molecule has 3 aromatic rings. The van der Waals surface area contributed by atoms with Gasteiger partial charge in [-0.15, -0.1) is 0 Å². The van der Waals surface area contributed by atoms with Gasteiger partial charge in [0.15, 0.2) is 11.7 Å². The zero-order chi connectivity index (χ0) is 19.2. The van der Waals surface area contributed by atoms with Gasteiger partial charge in [-0.1, -0.05) is 23.2 Å². The maximum Gasteiger partial charge on any atom is 0.220 e. The fourth-order valence-electron chi connectivity index (χ4n) is 2.42. The number of hydrogen-bond acceptors (Lipinski definition) is 5. The summed E-state index contributed by atoms with van der Waals surface area (Å²) in [5.74, 6) is 1.41. The van der Waals surface area contributed by atoms with Crippen LogP contribution in [0.2, 0.25) is 10.0 Å².